The summed E-state index contributed by atoms with van der Waals surface area (Å²) in [6.07, 6.45) is -0.736. The maximum absolute atomic E-state index is 13.2. The van der Waals surface area contributed by atoms with Gasteiger partial charge in [-0.25, -0.2) is 4.79 Å². The zero-order valence-electron chi connectivity index (χ0n) is 19.7. The molecule has 4 rings (SSSR count). The van der Waals surface area contributed by atoms with Gasteiger partial charge in [0.05, 0.1) is 0 Å². The summed E-state index contributed by atoms with van der Waals surface area (Å²) in [5.41, 5.74) is 3.85. The maximum atomic E-state index is 13.2. The van der Waals surface area contributed by atoms with Crippen molar-refractivity contribution in [3.8, 4) is 11.1 Å². The third kappa shape index (κ3) is 5.35. The number of aliphatic carboxylic acids is 1. The van der Waals surface area contributed by atoms with Gasteiger partial charge in [-0.2, -0.15) is 0 Å². The molecule has 0 unspecified atom stereocenters. The molecule has 0 spiro atoms. The van der Waals surface area contributed by atoms with E-state index in [9.17, 15) is 19.5 Å². The normalized spacial score (nSPS) is 12.4. The van der Waals surface area contributed by atoms with Gasteiger partial charge >= 0.3 is 12.1 Å². The molecule has 0 bridgehead atoms. The summed E-state index contributed by atoms with van der Waals surface area (Å²) in [5.74, 6) is -1.75. The minimum atomic E-state index is -1.37. The summed E-state index contributed by atoms with van der Waals surface area (Å²) in [6.45, 7) is 2.82. The number of alkyl carbamates (subject to hydrolysis) is 1. The minimum absolute atomic E-state index is 0.103. The maximum Gasteiger partial charge on any atom is 0.408 e. The number of hydrogen-bond donors (Lipinski definition) is 2. The van der Waals surface area contributed by atoms with Crippen molar-refractivity contribution >= 4 is 18.0 Å². The van der Waals surface area contributed by atoms with E-state index in [4.69, 9.17) is 4.74 Å². The molecule has 2 amide bonds. The van der Waals surface area contributed by atoms with E-state index < -0.39 is 30.1 Å². The van der Waals surface area contributed by atoms with E-state index in [-0.39, 0.29) is 19.1 Å². The average Bonchev–Trinajstić information content (AvgIpc) is 3.16. The number of carbonyl (C=O) groups is 3. The van der Waals surface area contributed by atoms with Crippen LogP contribution in [0.1, 0.15) is 36.5 Å². The number of hydrogen-bond acceptors (Lipinski definition) is 4. The van der Waals surface area contributed by atoms with Gasteiger partial charge in [-0.05, 0) is 41.7 Å². The Morgan fingerprint density at radius 1 is 0.886 bits per heavy atom. The third-order valence-electron chi connectivity index (χ3n) is 6.12. The number of ether oxygens (including phenoxy) is 1. The molecule has 0 saturated carbocycles. The van der Waals surface area contributed by atoms with Gasteiger partial charge in [-0.3, -0.25) is 9.59 Å². The van der Waals surface area contributed by atoms with Crippen LogP contribution >= 0.6 is 0 Å². The molecule has 180 valence electrons. The molecule has 1 aliphatic carbocycles. The average molecular weight is 473 g/mol. The van der Waals surface area contributed by atoms with Crippen molar-refractivity contribution in [2.45, 2.75) is 31.8 Å². The van der Waals surface area contributed by atoms with E-state index in [1.807, 2.05) is 66.7 Å². The standard InChI is InChI=1S/C28H28N2O5/c1-28(2,26(33)30(17-25(31)32)16-19-10-4-3-5-11-19)29-27(34)35-18-24-22-14-8-6-12-20(22)21-13-7-9-15-23(21)24/h3-15,24H,16-18H2,1-2H3,(H,29,34)(H,31,32). The Morgan fingerprint density at radius 2 is 1.43 bits per heavy atom. The smallest absolute Gasteiger partial charge is 0.408 e. The molecule has 3 aromatic carbocycles. The second-order valence-corrected chi connectivity index (χ2v) is 9.12. The number of fused-ring (bicyclic) bond motifs is 3. The van der Waals surface area contributed by atoms with Crippen LogP contribution in [0.5, 0.6) is 0 Å². The topological polar surface area (TPSA) is 95.9 Å². The van der Waals surface area contributed by atoms with E-state index in [0.717, 1.165) is 27.8 Å². The monoisotopic (exact) mass is 472 g/mol. The number of rotatable bonds is 8. The Labute approximate surface area is 204 Å². The van der Waals surface area contributed by atoms with E-state index in [1.54, 1.807) is 0 Å². The van der Waals surface area contributed by atoms with Crippen LogP contribution in [0, 0.1) is 0 Å². The number of amides is 2. The van der Waals surface area contributed by atoms with Gasteiger partial charge in [0.25, 0.3) is 0 Å². The molecule has 0 aliphatic heterocycles. The van der Waals surface area contributed by atoms with Gasteiger partial charge < -0.3 is 20.1 Å². The fourth-order valence-corrected chi connectivity index (χ4v) is 4.50. The van der Waals surface area contributed by atoms with Crippen LogP contribution in [0.2, 0.25) is 0 Å². The molecular weight excluding hydrogens is 444 g/mol. The van der Waals surface area contributed by atoms with Crippen molar-refractivity contribution in [2.24, 2.45) is 0 Å². The Kier molecular flexibility index (Phi) is 6.87. The fourth-order valence-electron chi connectivity index (χ4n) is 4.50. The summed E-state index contributed by atoms with van der Waals surface area (Å²) < 4.78 is 5.57. The molecule has 1 aliphatic rings. The zero-order valence-corrected chi connectivity index (χ0v) is 19.7. The van der Waals surface area contributed by atoms with E-state index in [0.29, 0.717) is 0 Å². The highest BCUT2D eigenvalue weighted by molar-refractivity contribution is 5.91. The van der Waals surface area contributed by atoms with Gasteiger partial charge in [-0.1, -0.05) is 78.9 Å². The predicted molar refractivity (Wildman–Crippen MR) is 132 cm³/mol. The highest BCUT2D eigenvalue weighted by Crippen LogP contribution is 2.44. The van der Waals surface area contributed by atoms with Crippen molar-refractivity contribution in [1.82, 2.24) is 10.2 Å². The summed E-state index contributed by atoms with van der Waals surface area (Å²) >= 11 is 0. The number of carboxylic acids is 1. The molecule has 0 aromatic heterocycles. The Balaban J connectivity index is 1.43. The first-order chi connectivity index (χ1) is 16.8. The van der Waals surface area contributed by atoms with Gasteiger partial charge in [0.1, 0.15) is 18.7 Å². The second kappa shape index (κ2) is 10.0. The number of nitrogens with one attached hydrogen (secondary N) is 1. The number of carboxylic acid groups (broad SMARTS) is 1. The molecule has 0 heterocycles. The lowest BCUT2D eigenvalue weighted by atomic mass is 9.98. The lowest BCUT2D eigenvalue weighted by Gasteiger charge is -2.31. The zero-order chi connectivity index (χ0) is 25.0. The third-order valence-corrected chi connectivity index (χ3v) is 6.12. The quantitative estimate of drug-likeness (QED) is 0.506. The molecule has 0 fully saturated rings. The van der Waals surface area contributed by atoms with Crippen LogP contribution in [0.4, 0.5) is 4.79 Å². The molecule has 35 heavy (non-hydrogen) atoms. The number of carbonyl (C=O) groups excluding carboxylic acids is 2. The number of nitrogens with zero attached hydrogens (tertiary/aromatic N) is 1. The Hall–Kier alpha value is -4.13. The van der Waals surface area contributed by atoms with Crippen molar-refractivity contribution in [3.63, 3.8) is 0 Å². The van der Waals surface area contributed by atoms with Crippen molar-refractivity contribution < 1.29 is 24.2 Å². The summed E-state index contributed by atoms with van der Waals surface area (Å²) in [4.78, 5) is 38.6. The SMILES string of the molecule is CC(C)(NC(=O)OCC1c2ccccc2-c2ccccc21)C(=O)N(CC(=O)O)Cc1ccccc1. The van der Waals surface area contributed by atoms with E-state index in [1.165, 1.54) is 18.7 Å². The van der Waals surface area contributed by atoms with Crippen LogP contribution in [0.15, 0.2) is 78.9 Å². The molecular formula is C28H28N2O5. The molecule has 2 N–H and O–H groups in total. The second-order valence-electron chi connectivity index (χ2n) is 9.12. The van der Waals surface area contributed by atoms with Crippen molar-refractivity contribution in [3.05, 3.63) is 95.6 Å². The molecule has 0 saturated heterocycles. The van der Waals surface area contributed by atoms with Crippen LogP contribution in [0.25, 0.3) is 11.1 Å². The van der Waals surface area contributed by atoms with Crippen molar-refractivity contribution in [2.75, 3.05) is 13.2 Å². The summed E-state index contributed by atoms with van der Waals surface area (Å²) in [5, 5.41) is 11.9. The highest BCUT2D eigenvalue weighted by atomic mass is 16.5. The molecule has 3 aromatic rings. The Morgan fingerprint density at radius 3 is 2.00 bits per heavy atom. The van der Waals surface area contributed by atoms with Crippen LogP contribution < -0.4 is 5.32 Å². The van der Waals surface area contributed by atoms with Crippen LogP contribution in [-0.4, -0.2) is 46.7 Å². The first-order valence-corrected chi connectivity index (χ1v) is 11.4. The van der Waals surface area contributed by atoms with E-state index >= 15 is 0 Å². The number of benzene rings is 3. The largest absolute Gasteiger partial charge is 0.480 e. The van der Waals surface area contributed by atoms with Crippen molar-refractivity contribution in [1.29, 1.82) is 0 Å². The van der Waals surface area contributed by atoms with Gasteiger partial charge in [0.2, 0.25) is 5.91 Å². The summed E-state index contributed by atoms with van der Waals surface area (Å²) in [7, 11) is 0. The minimum Gasteiger partial charge on any atom is -0.480 e. The first-order valence-electron chi connectivity index (χ1n) is 11.4. The van der Waals surface area contributed by atoms with Gasteiger partial charge in [-0.15, -0.1) is 0 Å². The molecule has 7 nitrogen and oxygen atoms in total. The fraction of sp³-hybridized carbons (Fsp3) is 0.250. The van der Waals surface area contributed by atoms with Crippen LogP contribution in [0.3, 0.4) is 0 Å². The highest BCUT2D eigenvalue weighted by Gasteiger charge is 2.36. The first kappa shape index (κ1) is 24.0. The van der Waals surface area contributed by atoms with Crippen LogP contribution in [-0.2, 0) is 20.9 Å². The lowest BCUT2D eigenvalue weighted by molar-refractivity contribution is -0.147. The Bertz CT molecular complexity index is 1190. The summed E-state index contributed by atoms with van der Waals surface area (Å²) in [6, 6.07) is 25.2. The molecule has 7 heteroatoms. The van der Waals surface area contributed by atoms with Gasteiger partial charge in [0.15, 0.2) is 0 Å². The lowest BCUT2D eigenvalue weighted by Crippen LogP contribution is -2.56. The van der Waals surface area contributed by atoms with E-state index in [2.05, 4.69) is 17.4 Å². The molecule has 0 atom stereocenters. The van der Waals surface area contributed by atoms with Gasteiger partial charge in [0, 0.05) is 12.5 Å². The molecule has 0 radical (unpaired) electrons. The predicted octanol–water partition coefficient (Wildman–Crippen LogP) is 4.42.